The second kappa shape index (κ2) is 6.60. The van der Waals surface area contributed by atoms with Crippen molar-refractivity contribution in [2.75, 3.05) is 0 Å². The van der Waals surface area contributed by atoms with Gasteiger partial charge in [-0.25, -0.2) is 0 Å². The van der Waals surface area contributed by atoms with Gasteiger partial charge in [0.05, 0.1) is 0 Å². The Morgan fingerprint density at radius 2 is 1.69 bits per heavy atom. The average molecular weight is 242 g/mol. The topological polar surface area (TPSA) is 9.23 Å². The van der Waals surface area contributed by atoms with E-state index >= 15 is 0 Å². The Kier molecular flexibility index (Phi) is 6.57. The Hall–Kier alpha value is -0.0831. The third kappa shape index (κ3) is 5.31. The summed E-state index contributed by atoms with van der Waals surface area (Å²) in [5.41, 5.74) is 0. The fourth-order valence-electron chi connectivity index (χ4n) is 1.31. The fourth-order valence-corrected chi connectivity index (χ4v) is 2.76. The Labute approximate surface area is 103 Å². The first-order valence-corrected chi connectivity index (χ1v) is 9.48. The summed E-state index contributed by atoms with van der Waals surface area (Å²) in [4.78, 5) is 0. The molecule has 0 N–H and O–H groups in total. The molecule has 0 rings (SSSR count). The molecule has 0 fully saturated rings. The van der Waals surface area contributed by atoms with E-state index in [1.807, 2.05) is 0 Å². The molecule has 1 nitrogen and oxygen atoms in total. The van der Waals surface area contributed by atoms with E-state index in [0.717, 1.165) is 19.3 Å². The molecule has 0 aromatic rings. The summed E-state index contributed by atoms with van der Waals surface area (Å²) < 4.78 is 6.39. The van der Waals surface area contributed by atoms with Crippen LogP contribution < -0.4 is 0 Å². The predicted molar refractivity (Wildman–Crippen MR) is 76.4 cm³/mol. The zero-order chi connectivity index (χ0) is 12.8. The molecule has 0 spiro atoms. The molecule has 0 saturated heterocycles. The molecular weight excluding hydrogens is 212 g/mol. The summed E-state index contributed by atoms with van der Waals surface area (Å²) in [6, 6.07) is 0. The molecule has 0 aliphatic rings. The monoisotopic (exact) mass is 242 g/mol. The maximum absolute atomic E-state index is 6.39. The smallest absolute Gasteiger partial charge is 0.192 e. The van der Waals surface area contributed by atoms with Gasteiger partial charge in [0.2, 0.25) is 0 Å². The van der Waals surface area contributed by atoms with Crippen molar-refractivity contribution in [3.8, 4) is 0 Å². The summed E-state index contributed by atoms with van der Waals surface area (Å²) >= 11 is 0. The summed E-state index contributed by atoms with van der Waals surface area (Å²) in [6.45, 7) is 16.0. The summed E-state index contributed by atoms with van der Waals surface area (Å²) in [6.07, 6.45) is 8.20. The molecule has 0 aliphatic carbocycles. The van der Waals surface area contributed by atoms with Gasteiger partial charge in [-0.15, -0.1) is 0 Å². The zero-order valence-corrected chi connectivity index (χ0v) is 13.3. The van der Waals surface area contributed by atoms with Crippen molar-refractivity contribution in [1.82, 2.24) is 0 Å². The van der Waals surface area contributed by atoms with Crippen molar-refractivity contribution in [1.29, 1.82) is 0 Å². The van der Waals surface area contributed by atoms with Crippen molar-refractivity contribution in [3.63, 3.8) is 0 Å². The van der Waals surface area contributed by atoms with Crippen LogP contribution in [0.3, 0.4) is 0 Å². The Balaban J connectivity index is 4.36. The van der Waals surface area contributed by atoms with Crippen LogP contribution in [0.2, 0.25) is 18.1 Å². The first-order chi connectivity index (χ1) is 7.24. The highest BCUT2D eigenvalue weighted by Gasteiger charge is 2.38. The first kappa shape index (κ1) is 15.9. The van der Waals surface area contributed by atoms with Gasteiger partial charge < -0.3 is 4.43 Å². The van der Waals surface area contributed by atoms with Crippen LogP contribution in [0.25, 0.3) is 0 Å². The van der Waals surface area contributed by atoms with Crippen molar-refractivity contribution >= 4 is 8.32 Å². The van der Waals surface area contributed by atoms with Crippen molar-refractivity contribution in [2.45, 2.75) is 78.1 Å². The lowest BCUT2D eigenvalue weighted by atomic mass is 10.2. The minimum absolute atomic E-state index is 0.314. The van der Waals surface area contributed by atoms with E-state index in [0.29, 0.717) is 11.1 Å². The molecule has 16 heavy (non-hydrogen) atoms. The van der Waals surface area contributed by atoms with Crippen LogP contribution in [0.4, 0.5) is 0 Å². The normalized spacial score (nSPS) is 15.7. The maximum Gasteiger partial charge on any atom is 0.192 e. The molecule has 0 bridgehead atoms. The Morgan fingerprint density at radius 1 is 1.12 bits per heavy atom. The van der Waals surface area contributed by atoms with Crippen LogP contribution in [-0.2, 0) is 4.43 Å². The SMILES string of the molecule is CC/C=C/C[C@@H](CC)O[Si](C)(C)C(C)(C)C. The molecule has 0 unspecified atom stereocenters. The molecule has 0 amide bonds. The molecule has 2 heteroatoms. The lowest BCUT2D eigenvalue weighted by Gasteiger charge is -2.39. The molecule has 0 aliphatic heterocycles. The van der Waals surface area contributed by atoms with E-state index < -0.39 is 8.32 Å². The van der Waals surface area contributed by atoms with Gasteiger partial charge in [0.1, 0.15) is 0 Å². The van der Waals surface area contributed by atoms with E-state index in [9.17, 15) is 0 Å². The summed E-state index contributed by atoms with van der Waals surface area (Å²) in [5.74, 6) is 0. The molecule has 96 valence electrons. The highest BCUT2D eigenvalue weighted by Crippen LogP contribution is 2.37. The summed E-state index contributed by atoms with van der Waals surface area (Å²) in [5, 5.41) is 0.314. The van der Waals surface area contributed by atoms with E-state index in [1.165, 1.54) is 0 Å². The van der Waals surface area contributed by atoms with Crippen molar-refractivity contribution in [3.05, 3.63) is 12.2 Å². The number of allylic oxidation sites excluding steroid dienone is 1. The van der Waals surface area contributed by atoms with Gasteiger partial charge in [-0.1, -0.05) is 46.8 Å². The molecule has 0 heterocycles. The zero-order valence-electron chi connectivity index (χ0n) is 12.3. The standard InChI is InChI=1S/C14H30OSi/c1-8-10-11-12-13(9-2)15-16(6,7)14(3,4)5/h10-11,13H,8-9,12H2,1-7H3/b11-10+/t13-/m1/s1. The van der Waals surface area contributed by atoms with Gasteiger partial charge in [0.25, 0.3) is 0 Å². The van der Waals surface area contributed by atoms with Crippen LogP contribution in [0.5, 0.6) is 0 Å². The van der Waals surface area contributed by atoms with Gasteiger partial charge >= 0.3 is 0 Å². The van der Waals surface area contributed by atoms with Crippen molar-refractivity contribution in [2.24, 2.45) is 0 Å². The van der Waals surface area contributed by atoms with Crippen LogP contribution in [0.1, 0.15) is 53.9 Å². The number of hydrogen-bond acceptors (Lipinski definition) is 1. The second-order valence-corrected chi connectivity index (χ2v) is 10.8. The van der Waals surface area contributed by atoms with Gasteiger partial charge in [-0.2, -0.15) is 0 Å². The molecular formula is C14H30OSi. The molecule has 0 radical (unpaired) electrons. The van der Waals surface area contributed by atoms with Gasteiger partial charge in [-0.3, -0.25) is 0 Å². The van der Waals surface area contributed by atoms with Crippen molar-refractivity contribution < 1.29 is 4.43 Å². The van der Waals surface area contributed by atoms with Gasteiger partial charge in [0.15, 0.2) is 8.32 Å². The Morgan fingerprint density at radius 3 is 2.06 bits per heavy atom. The minimum atomic E-state index is -1.58. The van der Waals surface area contributed by atoms with Gasteiger partial charge in [-0.05, 0) is 37.4 Å². The second-order valence-electron chi connectivity index (χ2n) is 6.02. The van der Waals surface area contributed by atoms with Gasteiger partial charge in [0, 0.05) is 6.10 Å². The van der Waals surface area contributed by atoms with Crippen LogP contribution in [-0.4, -0.2) is 14.4 Å². The quantitative estimate of drug-likeness (QED) is 0.463. The van der Waals surface area contributed by atoms with E-state index in [1.54, 1.807) is 0 Å². The minimum Gasteiger partial charge on any atom is -0.414 e. The summed E-state index contributed by atoms with van der Waals surface area (Å²) in [7, 11) is -1.58. The molecule has 0 aromatic carbocycles. The average Bonchev–Trinajstić information content (AvgIpc) is 2.14. The van der Waals surface area contributed by atoms with Crippen LogP contribution in [0, 0.1) is 0 Å². The third-order valence-corrected chi connectivity index (χ3v) is 8.06. The highest BCUT2D eigenvalue weighted by molar-refractivity contribution is 6.74. The molecule has 1 atom stereocenters. The predicted octanol–water partition coefficient (Wildman–Crippen LogP) is 5.14. The number of rotatable bonds is 6. The van der Waals surface area contributed by atoms with E-state index in [4.69, 9.17) is 4.43 Å². The fraction of sp³-hybridized carbons (Fsp3) is 0.857. The first-order valence-electron chi connectivity index (χ1n) is 6.57. The van der Waals surface area contributed by atoms with E-state index in [2.05, 4.69) is 59.9 Å². The number of hydrogen-bond donors (Lipinski definition) is 0. The maximum atomic E-state index is 6.39. The molecule has 0 saturated carbocycles. The largest absolute Gasteiger partial charge is 0.414 e. The van der Waals surface area contributed by atoms with Crippen LogP contribution in [0.15, 0.2) is 12.2 Å². The van der Waals surface area contributed by atoms with Crippen LogP contribution >= 0.6 is 0 Å². The lowest BCUT2D eigenvalue weighted by molar-refractivity contribution is 0.179. The lowest BCUT2D eigenvalue weighted by Crippen LogP contribution is -2.43. The Bertz CT molecular complexity index is 213. The molecule has 0 aromatic heterocycles. The highest BCUT2D eigenvalue weighted by atomic mass is 28.4. The van der Waals surface area contributed by atoms with E-state index in [-0.39, 0.29) is 0 Å². The third-order valence-electron chi connectivity index (χ3n) is 3.52.